The van der Waals surface area contributed by atoms with Crippen LogP contribution in [-0.4, -0.2) is 34.9 Å². The zero-order valence-corrected chi connectivity index (χ0v) is 18.3. The van der Waals surface area contributed by atoms with Gasteiger partial charge in [0.15, 0.2) is 11.6 Å². The van der Waals surface area contributed by atoms with E-state index in [2.05, 4.69) is 25.4 Å². The molecule has 1 unspecified atom stereocenters. The zero-order valence-electron chi connectivity index (χ0n) is 17.5. The van der Waals surface area contributed by atoms with Crippen molar-refractivity contribution in [2.75, 3.05) is 5.32 Å². The third-order valence-electron chi connectivity index (χ3n) is 5.32. The second-order valence-corrected chi connectivity index (χ2v) is 7.91. The summed E-state index contributed by atoms with van der Waals surface area (Å²) in [4.78, 5) is 36.9. The molecule has 0 aliphatic carbocycles. The van der Waals surface area contributed by atoms with Crippen molar-refractivity contribution in [1.82, 2.24) is 29.1 Å². The number of nitrogens with one attached hydrogen (secondary N) is 2. The first kappa shape index (κ1) is 20.8. The molecule has 166 valence electrons. The van der Waals surface area contributed by atoms with Crippen LogP contribution in [0.4, 0.5) is 10.2 Å². The Labute approximate surface area is 190 Å². The summed E-state index contributed by atoms with van der Waals surface area (Å²) in [5, 5.41) is 8.56. The second-order valence-electron chi connectivity index (χ2n) is 7.51. The lowest BCUT2D eigenvalue weighted by molar-refractivity contribution is 0.101. The second kappa shape index (κ2) is 7.82. The summed E-state index contributed by atoms with van der Waals surface area (Å²) in [7, 11) is 0. The average molecular weight is 466 g/mol. The van der Waals surface area contributed by atoms with Gasteiger partial charge in [0, 0.05) is 18.0 Å². The van der Waals surface area contributed by atoms with Crippen molar-refractivity contribution >= 4 is 39.8 Å². The van der Waals surface area contributed by atoms with Crippen molar-refractivity contribution in [3.63, 3.8) is 0 Å². The molecule has 0 bridgehead atoms. The van der Waals surface area contributed by atoms with Crippen LogP contribution in [-0.2, 0) is 0 Å². The van der Waals surface area contributed by atoms with Crippen LogP contribution in [0.3, 0.4) is 0 Å². The fraction of sp³-hybridized carbons (Fsp3) is 0.136. The Bertz CT molecular complexity index is 1600. The van der Waals surface area contributed by atoms with Crippen LogP contribution < -0.4 is 10.9 Å². The van der Waals surface area contributed by atoms with E-state index in [4.69, 9.17) is 11.6 Å². The molecule has 11 heteroatoms. The molecule has 9 nitrogen and oxygen atoms in total. The lowest BCUT2D eigenvalue weighted by atomic mass is 10.1. The number of fused-ring (bicyclic) bond motifs is 2. The maximum absolute atomic E-state index is 14.0. The maximum atomic E-state index is 14.0. The smallest absolute Gasteiger partial charge is 0.284 e. The number of anilines is 1. The molecule has 0 aliphatic rings. The number of nitrogens with zero attached hydrogens (tertiary/aromatic N) is 5. The Hall–Kier alpha value is -4.05. The van der Waals surface area contributed by atoms with Crippen LogP contribution in [0.25, 0.3) is 22.2 Å². The van der Waals surface area contributed by atoms with Gasteiger partial charge in [0.25, 0.3) is 5.56 Å². The van der Waals surface area contributed by atoms with Gasteiger partial charge in [0.1, 0.15) is 29.1 Å². The lowest BCUT2D eigenvalue weighted by Gasteiger charge is -2.20. The number of benzene rings is 1. The number of halogens is 2. The minimum atomic E-state index is -0.584. The van der Waals surface area contributed by atoms with Gasteiger partial charge in [-0.25, -0.2) is 18.9 Å². The molecule has 0 radical (unpaired) electrons. The molecule has 1 atom stereocenters. The fourth-order valence-electron chi connectivity index (χ4n) is 3.81. The molecule has 4 heterocycles. The van der Waals surface area contributed by atoms with E-state index in [1.807, 2.05) is 0 Å². The minimum Gasteiger partial charge on any atom is -0.360 e. The lowest BCUT2D eigenvalue weighted by Crippen LogP contribution is -2.29. The standard InChI is InChI=1S/C22H17ClFN7O2/c1-11(28-20-17-15(12(2)32)9-25-19(17)26-10-27-20)21-29-30-7-6-16(23)18(30)22(33)31(21)14-5-3-4-13(24)8-14/h3-11H,1-2H3,(H2,25,26,27,28). The molecule has 0 fully saturated rings. The Morgan fingerprint density at radius 2 is 2.09 bits per heavy atom. The molecule has 0 saturated carbocycles. The predicted molar refractivity (Wildman–Crippen MR) is 122 cm³/mol. The fourth-order valence-corrected chi connectivity index (χ4v) is 4.04. The van der Waals surface area contributed by atoms with E-state index >= 15 is 0 Å². The first-order chi connectivity index (χ1) is 15.8. The average Bonchev–Trinajstić information content (AvgIpc) is 3.38. The van der Waals surface area contributed by atoms with Gasteiger partial charge in [-0.1, -0.05) is 17.7 Å². The van der Waals surface area contributed by atoms with E-state index in [1.54, 1.807) is 31.5 Å². The van der Waals surface area contributed by atoms with Crippen molar-refractivity contribution in [2.24, 2.45) is 0 Å². The summed E-state index contributed by atoms with van der Waals surface area (Å²) in [5.41, 5.74) is 0.949. The van der Waals surface area contributed by atoms with Crippen LogP contribution in [0.1, 0.15) is 36.1 Å². The van der Waals surface area contributed by atoms with Gasteiger partial charge in [0.05, 0.1) is 22.1 Å². The molecule has 2 N–H and O–H groups in total. The number of Topliss-reactive ketones (excluding diaryl/α,β-unsaturated/α-hetero) is 1. The number of H-pyrrole nitrogens is 1. The summed E-state index contributed by atoms with van der Waals surface area (Å²) in [6.45, 7) is 3.23. The first-order valence-electron chi connectivity index (χ1n) is 10.0. The first-order valence-corrected chi connectivity index (χ1v) is 10.4. The Balaban J connectivity index is 1.70. The summed E-state index contributed by atoms with van der Waals surface area (Å²) in [5.74, 6) is 0.0369. The van der Waals surface area contributed by atoms with Crippen molar-refractivity contribution < 1.29 is 9.18 Å². The van der Waals surface area contributed by atoms with Crippen LogP contribution in [0.5, 0.6) is 0 Å². The molecule has 33 heavy (non-hydrogen) atoms. The van der Waals surface area contributed by atoms with Gasteiger partial charge in [-0.15, -0.1) is 0 Å². The third kappa shape index (κ3) is 3.44. The molecule has 5 aromatic rings. The van der Waals surface area contributed by atoms with E-state index in [0.29, 0.717) is 28.1 Å². The van der Waals surface area contributed by atoms with Gasteiger partial charge in [-0.05, 0) is 38.1 Å². The van der Waals surface area contributed by atoms with Crippen LogP contribution in [0, 0.1) is 5.82 Å². The highest BCUT2D eigenvalue weighted by Crippen LogP contribution is 2.27. The molecule has 0 amide bonds. The van der Waals surface area contributed by atoms with Gasteiger partial charge < -0.3 is 10.3 Å². The van der Waals surface area contributed by atoms with Crippen molar-refractivity contribution in [2.45, 2.75) is 19.9 Å². The number of rotatable bonds is 5. The van der Waals surface area contributed by atoms with Crippen molar-refractivity contribution in [3.05, 3.63) is 81.6 Å². The van der Waals surface area contributed by atoms with E-state index in [1.165, 1.54) is 40.5 Å². The third-order valence-corrected chi connectivity index (χ3v) is 5.62. The Morgan fingerprint density at radius 3 is 2.85 bits per heavy atom. The normalized spacial score (nSPS) is 12.4. The molecule has 0 aliphatic heterocycles. The monoisotopic (exact) mass is 465 g/mol. The summed E-state index contributed by atoms with van der Waals surface area (Å²) in [6.07, 6.45) is 4.51. The quantitative estimate of drug-likeness (QED) is 0.381. The van der Waals surface area contributed by atoms with E-state index < -0.39 is 17.4 Å². The van der Waals surface area contributed by atoms with E-state index in [0.717, 1.165) is 0 Å². The number of hydrogen-bond donors (Lipinski definition) is 2. The number of aromatic amines is 1. The largest absolute Gasteiger partial charge is 0.360 e. The summed E-state index contributed by atoms with van der Waals surface area (Å²) in [6, 6.07) is 6.64. The van der Waals surface area contributed by atoms with Crippen LogP contribution in [0.15, 0.2) is 53.8 Å². The highest BCUT2D eigenvalue weighted by Gasteiger charge is 2.22. The predicted octanol–water partition coefficient (Wildman–Crippen LogP) is 3.92. The molecule has 1 aromatic carbocycles. The molecule has 4 aromatic heterocycles. The number of aromatic nitrogens is 6. The number of ketones is 1. The molecule has 0 saturated heterocycles. The summed E-state index contributed by atoms with van der Waals surface area (Å²) < 4.78 is 16.7. The molecular formula is C22H17ClFN7O2. The Kier molecular flexibility index (Phi) is 4.94. The SMILES string of the molecule is CC(=O)c1c[nH]c2ncnc(NC(C)c3nn4ccc(Cl)c4c(=O)n3-c3cccc(F)c3)c12. The van der Waals surface area contributed by atoms with Gasteiger partial charge in [0.2, 0.25) is 0 Å². The van der Waals surface area contributed by atoms with Gasteiger partial charge >= 0.3 is 0 Å². The zero-order chi connectivity index (χ0) is 23.3. The van der Waals surface area contributed by atoms with Gasteiger partial charge in [-0.2, -0.15) is 5.10 Å². The summed E-state index contributed by atoms with van der Waals surface area (Å²) >= 11 is 6.21. The van der Waals surface area contributed by atoms with E-state index in [9.17, 15) is 14.0 Å². The number of carbonyl (C=O) groups is 1. The highest BCUT2D eigenvalue weighted by molar-refractivity contribution is 6.33. The topological polar surface area (TPSA) is 110 Å². The molecule has 0 spiro atoms. The Morgan fingerprint density at radius 1 is 1.27 bits per heavy atom. The van der Waals surface area contributed by atoms with E-state index in [-0.39, 0.29) is 22.1 Å². The minimum absolute atomic E-state index is 0.148. The number of hydrogen-bond acceptors (Lipinski definition) is 6. The van der Waals surface area contributed by atoms with Crippen molar-refractivity contribution in [1.29, 1.82) is 0 Å². The maximum Gasteiger partial charge on any atom is 0.284 e. The van der Waals surface area contributed by atoms with Crippen LogP contribution in [0.2, 0.25) is 5.02 Å². The van der Waals surface area contributed by atoms with Crippen molar-refractivity contribution in [3.8, 4) is 5.69 Å². The van der Waals surface area contributed by atoms with Gasteiger partial charge in [-0.3, -0.25) is 14.2 Å². The van der Waals surface area contributed by atoms with Crippen LogP contribution >= 0.6 is 11.6 Å². The highest BCUT2D eigenvalue weighted by atomic mass is 35.5. The number of carbonyl (C=O) groups excluding carboxylic acids is 1. The molecular weight excluding hydrogens is 449 g/mol. The molecule has 5 rings (SSSR count).